The highest BCUT2D eigenvalue weighted by molar-refractivity contribution is 5.73. The lowest BCUT2D eigenvalue weighted by atomic mass is 10.1. The molecule has 0 saturated heterocycles. The number of aromatic nitrogens is 3. The molecule has 0 aliphatic heterocycles. The molecule has 23 heavy (non-hydrogen) atoms. The number of rotatable bonds is 5. The topological polar surface area (TPSA) is 74.4 Å². The van der Waals surface area contributed by atoms with Gasteiger partial charge in [0.2, 0.25) is 0 Å². The Balaban J connectivity index is 2.14. The van der Waals surface area contributed by atoms with Crippen molar-refractivity contribution in [2.24, 2.45) is 0 Å². The number of phenolic OH excluding ortho intramolecular Hbond substituents is 1. The molecule has 0 aliphatic rings. The van der Waals surface area contributed by atoms with Crippen molar-refractivity contribution >= 4 is 11.0 Å². The van der Waals surface area contributed by atoms with E-state index in [1.165, 1.54) is 4.80 Å². The summed E-state index contributed by atoms with van der Waals surface area (Å²) in [5, 5.41) is 28.7. The number of fused-ring (bicyclic) bond motifs is 1. The molecule has 0 bridgehead atoms. The summed E-state index contributed by atoms with van der Waals surface area (Å²) in [6.45, 7) is 0.652. The second-order valence-corrected chi connectivity index (χ2v) is 5.81. The van der Waals surface area contributed by atoms with Crippen LogP contribution >= 0.6 is 0 Å². The maximum atomic E-state index is 10.6. The first kappa shape index (κ1) is 15.5. The van der Waals surface area contributed by atoms with Gasteiger partial charge in [0.05, 0.1) is 0 Å². The van der Waals surface area contributed by atoms with Crippen LogP contribution < -0.4 is 0 Å². The Morgan fingerprint density at radius 2 is 1.74 bits per heavy atom. The third-order valence-corrected chi connectivity index (χ3v) is 3.62. The van der Waals surface area contributed by atoms with Gasteiger partial charge in [0, 0.05) is 18.7 Å². The minimum absolute atomic E-state index is 0.0557. The summed E-state index contributed by atoms with van der Waals surface area (Å²) in [6.07, 6.45) is 0.522. The van der Waals surface area contributed by atoms with Crippen molar-refractivity contribution in [1.82, 2.24) is 19.9 Å². The second kappa shape index (κ2) is 6.36. The summed E-state index contributed by atoms with van der Waals surface area (Å²) in [5.41, 5.74) is 3.81. The molecule has 0 atom stereocenters. The van der Waals surface area contributed by atoms with E-state index in [0.29, 0.717) is 18.7 Å². The molecular weight excluding hydrogens is 292 g/mol. The number of aliphatic hydroxyl groups is 1. The number of aromatic hydroxyl groups is 1. The third-order valence-electron chi connectivity index (χ3n) is 3.62. The quantitative estimate of drug-likeness (QED) is 0.750. The molecule has 2 aromatic carbocycles. The zero-order chi connectivity index (χ0) is 16.4. The molecule has 120 valence electrons. The number of phenols is 1. The number of hydrogen-bond acceptors (Lipinski definition) is 5. The fraction of sp³-hybridized carbons (Fsp3) is 0.294. The molecular formula is C17H20N4O2. The fourth-order valence-corrected chi connectivity index (χ4v) is 2.60. The maximum Gasteiger partial charge on any atom is 0.147 e. The van der Waals surface area contributed by atoms with Gasteiger partial charge in [0.15, 0.2) is 0 Å². The second-order valence-electron chi connectivity index (χ2n) is 5.81. The molecule has 1 aromatic heterocycles. The molecule has 0 fully saturated rings. The molecule has 3 aromatic rings. The Kier molecular flexibility index (Phi) is 4.27. The summed E-state index contributed by atoms with van der Waals surface area (Å²) in [5.74, 6) is 0.167. The van der Waals surface area contributed by atoms with Crippen molar-refractivity contribution in [2.45, 2.75) is 13.0 Å². The minimum Gasteiger partial charge on any atom is -0.505 e. The van der Waals surface area contributed by atoms with Gasteiger partial charge in [-0.25, -0.2) is 0 Å². The molecule has 6 nitrogen and oxygen atoms in total. The normalized spacial score (nSPS) is 11.5. The van der Waals surface area contributed by atoms with Crippen LogP contribution in [0.1, 0.15) is 11.1 Å². The van der Waals surface area contributed by atoms with Gasteiger partial charge in [-0.3, -0.25) is 0 Å². The average Bonchev–Trinajstić information content (AvgIpc) is 2.93. The van der Waals surface area contributed by atoms with E-state index in [4.69, 9.17) is 0 Å². The smallest absolute Gasteiger partial charge is 0.147 e. The Bertz CT molecular complexity index is 794. The van der Waals surface area contributed by atoms with Crippen LogP contribution in [0.15, 0.2) is 36.4 Å². The zero-order valence-corrected chi connectivity index (χ0v) is 13.3. The highest BCUT2D eigenvalue weighted by atomic mass is 16.3. The van der Waals surface area contributed by atoms with E-state index in [1.807, 2.05) is 55.4 Å². The Morgan fingerprint density at radius 1 is 1.09 bits per heavy atom. The van der Waals surface area contributed by atoms with Gasteiger partial charge in [-0.15, -0.1) is 15.0 Å². The molecule has 2 N–H and O–H groups in total. The first-order valence-electron chi connectivity index (χ1n) is 7.51. The molecule has 0 aliphatic carbocycles. The first-order valence-corrected chi connectivity index (χ1v) is 7.51. The summed E-state index contributed by atoms with van der Waals surface area (Å²) in [4.78, 5) is 3.44. The molecule has 0 radical (unpaired) electrons. The molecule has 1 heterocycles. The van der Waals surface area contributed by atoms with Gasteiger partial charge < -0.3 is 15.1 Å². The van der Waals surface area contributed by atoms with E-state index < -0.39 is 0 Å². The van der Waals surface area contributed by atoms with Crippen LogP contribution in [0.2, 0.25) is 0 Å². The molecule has 3 rings (SSSR count). The van der Waals surface area contributed by atoms with Gasteiger partial charge in [0.25, 0.3) is 0 Å². The maximum absolute atomic E-state index is 10.6. The molecule has 0 amide bonds. The summed E-state index contributed by atoms with van der Waals surface area (Å²) >= 11 is 0. The van der Waals surface area contributed by atoms with E-state index in [9.17, 15) is 10.2 Å². The van der Waals surface area contributed by atoms with Crippen molar-refractivity contribution in [2.75, 3.05) is 20.7 Å². The Labute approximate surface area is 134 Å². The molecule has 0 unspecified atom stereocenters. The van der Waals surface area contributed by atoms with Gasteiger partial charge in [-0.05, 0) is 44.3 Å². The average molecular weight is 312 g/mol. The Hall–Kier alpha value is -2.44. The van der Waals surface area contributed by atoms with Crippen LogP contribution in [0.3, 0.4) is 0 Å². The van der Waals surface area contributed by atoms with E-state index in [2.05, 4.69) is 10.2 Å². The van der Waals surface area contributed by atoms with Crippen LogP contribution in [-0.2, 0) is 13.0 Å². The van der Waals surface area contributed by atoms with Gasteiger partial charge in [-0.2, -0.15) is 0 Å². The van der Waals surface area contributed by atoms with Crippen LogP contribution in [-0.4, -0.2) is 50.8 Å². The predicted molar refractivity (Wildman–Crippen MR) is 88.7 cm³/mol. The Morgan fingerprint density at radius 3 is 2.30 bits per heavy atom. The van der Waals surface area contributed by atoms with Crippen LogP contribution in [0.25, 0.3) is 16.7 Å². The zero-order valence-electron chi connectivity index (χ0n) is 13.3. The summed E-state index contributed by atoms with van der Waals surface area (Å²) in [6, 6.07) is 11.3. The van der Waals surface area contributed by atoms with Gasteiger partial charge >= 0.3 is 0 Å². The van der Waals surface area contributed by atoms with E-state index in [0.717, 1.165) is 22.2 Å². The number of hydrogen-bond donors (Lipinski definition) is 2. The molecule has 6 heteroatoms. The largest absolute Gasteiger partial charge is 0.505 e. The van der Waals surface area contributed by atoms with Crippen LogP contribution in [0, 0.1) is 0 Å². The molecule has 0 saturated carbocycles. The lowest BCUT2D eigenvalue weighted by Crippen LogP contribution is -2.12. The monoisotopic (exact) mass is 312 g/mol. The van der Waals surface area contributed by atoms with E-state index in [1.54, 1.807) is 0 Å². The van der Waals surface area contributed by atoms with Gasteiger partial charge in [-0.1, -0.05) is 18.2 Å². The van der Waals surface area contributed by atoms with Gasteiger partial charge in [0.1, 0.15) is 22.5 Å². The van der Waals surface area contributed by atoms with E-state index >= 15 is 0 Å². The summed E-state index contributed by atoms with van der Waals surface area (Å²) in [7, 11) is 3.89. The lowest BCUT2D eigenvalue weighted by molar-refractivity contribution is 0.299. The highest BCUT2D eigenvalue weighted by Crippen LogP contribution is 2.29. The van der Waals surface area contributed by atoms with Crippen molar-refractivity contribution < 1.29 is 10.2 Å². The third kappa shape index (κ3) is 3.18. The molecule has 0 spiro atoms. The van der Waals surface area contributed by atoms with Crippen molar-refractivity contribution in [3.63, 3.8) is 0 Å². The van der Waals surface area contributed by atoms with Crippen molar-refractivity contribution in [3.05, 3.63) is 47.5 Å². The number of aliphatic hydroxyl groups excluding tert-OH is 1. The van der Waals surface area contributed by atoms with E-state index in [-0.39, 0.29) is 12.4 Å². The standard InChI is InChI=1S/C17H20N4O2/c1-20(2)11-13-9-12(7-8-22)10-16(17(13)23)21-18-14-5-3-4-6-15(14)19-21/h3-6,9-10,22-23H,7-8,11H2,1-2H3. The van der Waals surface area contributed by atoms with Crippen molar-refractivity contribution in [3.8, 4) is 11.4 Å². The highest BCUT2D eigenvalue weighted by Gasteiger charge is 2.15. The fourth-order valence-electron chi connectivity index (χ4n) is 2.60. The van der Waals surface area contributed by atoms with Crippen molar-refractivity contribution in [1.29, 1.82) is 0 Å². The number of nitrogens with zero attached hydrogens (tertiary/aromatic N) is 4. The van der Waals surface area contributed by atoms with Crippen LogP contribution in [0.5, 0.6) is 5.75 Å². The van der Waals surface area contributed by atoms with Crippen LogP contribution in [0.4, 0.5) is 0 Å². The SMILES string of the molecule is CN(C)Cc1cc(CCO)cc(-n2nc3ccccc3n2)c1O. The number of benzene rings is 2. The summed E-state index contributed by atoms with van der Waals surface area (Å²) < 4.78 is 0. The minimum atomic E-state index is 0.0557. The lowest BCUT2D eigenvalue weighted by Gasteiger charge is -2.15. The first-order chi connectivity index (χ1) is 11.1. The predicted octanol–water partition coefficient (Wildman–Crippen LogP) is 1.72.